The number of hydrogen-bond donors (Lipinski definition) is 0. The van der Waals surface area contributed by atoms with Gasteiger partial charge in [0, 0.05) is 31.5 Å². The molecule has 2 aromatic heterocycles. The van der Waals surface area contributed by atoms with Gasteiger partial charge in [0.2, 0.25) is 5.78 Å². The van der Waals surface area contributed by atoms with Gasteiger partial charge in [-0.15, -0.1) is 0 Å². The molecule has 0 saturated heterocycles. The maximum absolute atomic E-state index is 13.4. The summed E-state index contributed by atoms with van der Waals surface area (Å²) in [6.07, 6.45) is 1.64. The van der Waals surface area contributed by atoms with Crippen LogP contribution in [0.1, 0.15) is 36.8 Å². The lowest BCUT2D eigenvalue weighted by Crippen LogP contribution is -2.15. The summed E-state index contributed by atoms with van der Waals surface area (Å²) in [6, 6.07) is 9.96. The number of aromatic nitrogens is 1. The third-order valence-electron chi connectivity index (χ3n) is 4.79. The van der Waals surface area contributed by atoms with Crippen molar-refractivity contribution in [2.45, 2.75) is 0 Å². The van der Waals surface area contributed by atoms with Gasteiger partial charge < -0.3 is 23.5 Å². The fraction of sp³-hybridized carbons (Fsp3) is 0.227. The number of ketones is 1. The highest BCUT2D eigenvalue weighted by atomic mass is 16.5. The van der Waals surface area contributed by atoms with Crippen LogP contribution in [0.25, 0.3) is 5.52 Å². The minimum absolute atomic E-state index is 0.0210. The Morgan fingerprint density at radius 1 is 0.867 bits per heavy atom. The van der Waals surface area contributed by atoms with Crippen molar-refractivity contribution >= 4 is 28.9 Å². The number of esters is 2. The van der Waals surface area contributed by atoms with E-state index in [9.17, 15) is 14.4 Å². The van der Waals surface area contributed by atoms with Crippen LogP contribution in [0.2, 0.25) is 0 Å². The van der Waals surface area contributed by atoms with E-state index in [2.05, 4.69) is 0 Å². The van der Waals surface area contributed by atoms with Crippen molar-refractivity contribution in [2.75, 3.05) is 40.3 Å². The molecule has 2 heterocycles. The minimum Gasteiger partial charge on any atom is -0.497 e. The number of ether oxygens (including phenoxy) is 3. The molecule has 8 heteroatoms. The highest BCUT2D eigenvalue weighted by Crippen LogP contribution is 2.30. The molecule has 3 rings (SSSR count). The van der Waals surface area contributed by atoms with Gasteiger partial charge in [0.1, 0.15) is 22.6 Å². The van der Waals surface area contributed by atoms with E-state index < -0.39 is 17.7 Å². The topological polar surface area (TPSA) is 86.6 Å². The Kier molecular flexibility index (Phi) is 5.77. The van der Waals surface area contributed by atoms with Gasteiger partial charge in [-0.05, 0) is 36.4 Å². The summed E-state index contributed by atoms with van der Waals surface area (Å²) < 4.78 is 16.5. The van der Waals surface area contributed by atoms with Crippen LogP contribution >= 0.6 is 0 Å². The third kappa shape index (κ3) is 3.47. The van der Waals surface area contributed by atoms with Crippen molar-refractivity contribution < 1.29 is 28.6 Å². The summed E-state index contributed by atoms with van der Waals surface area (Å²) in [7, 11) is 7.62. The van der Waals surface area contributed by atoms with E-state index in [1.807, 2.05) is 19.0 Å². The number of fused-ring (bicyclic) bond motifs is 1. The number of benzene rings is 1. The van der Waals surface area contributed by atoms with Gasteiger partial charge in [0.15, 0.2) is 0 Å². The first-order valence-corrected chi connectivity index (χ1v) is 9.04. The fourth-order valence-corrected chi connectivity index (χ4v) is 3.23. The van der Waals surface area contributed by atoms with Crippen LogP contribution in [-0.2, 0) is 9.47 Å². The smallest absolute Gasteiger partial charge is 0.341 e. The number of carbonyl (C=O) groups excluding carboxylic acids is 3. The largest absolute Gasteiger partial charge is 0.497 e. The number of nitrogens with zero attached hydrogens (tertiary/aromatic N) is 2. The number of anilines is 1. The summed E-state index contributed by atoms with van der Waals surface area (Å²) in [5, 5.41) is 0. The monoisotopic (exact) mass is 410 g/mol. The molecule has 0 spiro atoms. The van der Waals surface area contributed by atoms with E-state index in [4.69, 9.17) is 14.2 Å². The van der Waals surface area contributed by atoms with Gasteiger partial charge in [-0.2, -0.15) is 0 Å². The molecular formula is C22H22N2O6. The molecule has 8 nitrogen and oxygen atoms in total. The van der Waals surface area contributed by atoms with Crippen molar-refractivity contribution in [2.24, 2.45) is 0 Å². The summed E-state index contributed by atoms with van der Waals surface area (Å²) in [5.41, 5.74) is 1.34. The lowest BCUT2D eigenvalue weighted by atomic mass is 10.0. The standard InChI is InChI=1S/C22H22N2O6/c1-23(2)14-10-11-24-16(12-14)17(21(26)29-4)18(22(27)30-5)19(24)20(25)13-6-8-15(28-3)9-7-13/h6-12H,1-5H3. The summed E-state index contributed by atoms with van der Waals surface area (Å²) in [5.74, 6) is -1.40. The van der Waals surface area contributed by atoms with Crippen LogP contribution < -0.4 is 9.64 Å². The average Bonchev–Trinajstić information content (AvgIpc) is 3.11. The van der Waals surface area contributed by atoms with Crippen LogP contribution in [0.15, 0.2) is 42.6 Å². The van der Waals surface area contributed by atoms with Crippen LogP contribution in [0.3, 0.4) is 0 Å². The van der Waals surface area contributed by atoms with Crippen molar-refractivity contribution in [3.05, 3.63) is 65.0 Å². The highest BCUT2D eigenvalue weighted by Gasteiger charge is 2.33. The molecule has 0 bridgehead atoms. The molecule has 156 valence electrons. The molecule has 0 aliphatic carbocycles. The van der Waals surface area contributed by atoms with Crippen molar-refractivity contribution in [1.29, 1.82) is 0 Å². The molecule has 0 N–H and O–H groups in total. The van der Waals surface area contributed by atoms with Crippen molar-refractivity contribution in [3.8, 4) is 5.75 Å². The molecule has 0 aliphatic heterocycles. The van der Waals surface area contributed by atoms with Crippen molar-refractivity contribution in [1.82, 2.24) is 4.40 Å². The third-order valence-corrected chi connectivity index (χ3v) is 4.79. The van der Waals surface area contributed by atoms with Crippen LogP contribution in [0, 0.1) is 0 Å². The second kappa shape index (κ2) is 8.28. The zero-order chi connectivity index (χ0) is 22.0. The maximum Gasteiger partial charge on any atom is 0.341 e. The van der Waals surface area contributed by atoms with E-state index in [0.29, 0.717) is 16.8 Å². The molecule has 0 aliphatic rings. The summed E-state index contributed by atoms with van der Waals surface area (Å²) in [6.45, 7) is 0. The Labute approximate surface area is 173 Å². The lowest BCUT2D eigenvalue weighted by molar-refractivity contribution is 0.0556. The van der Waals surface area contributed by atoms with Gasteiger partial charge in [-0.1, -0.05) is 0 Å². The zero-order valence-electron chi connectivity index (χ0n) is 17.4. The molecule has 0 fully saturated rings. The van der Waals surface area contributed by atoms with Crippen LogP contribution in [-0.4, -0.2) is 57.5 Å². The number of rotatable bonds is 6. The second-order valence-electron chi connectivity index (χ2n) is 6.67. The molecule has 0 atom stereocenters. The van der Waals surface area contributed by atoms with E-state index in [-0.39, 0.29) is 16.8 Å². The predicted molar refractivity (Wildman–Crippen MR) is 111 cm³/mol. The molecule has 3 aromatic rings. The van der Waals surface area contributed by atoms with Gasteiger partial charge >= 0.3 is 11.9 Å². The molecule has 0 unspecified atom stereocenters. The number of carbonyl (C=O) groups is 3. The minimum atomic E-state index is -0.803. The molecular weight excluding hydrogens is 388 g/mol. The molecule has 1 aromatic carbocycles. The number of hydrogen-bond acceptors (Lipinski definition) is 7. The molecule has 0 saturated carbocycles. The Hall–Kier alpha value is -3.81. The van der Waals surface area contributed by atoms with E-state index in [0.717, 1.165) is 5.69 Å². The number of pyridine rings is 1. The van der Waals surface area contributed by atoms with Crippen molar-refractivity contribution in [3.63, 3.8) is 0 Å². The van der Waals surface area contributed by atoms with E-state index in [1.54, 1.807) is 42.6 Å². The Morgan fingerprint density at radius 2 is 1.47 bits per heavy atom. The maximum atomic E-state index is 13.4. The van der Waals surface area contributed by atoms with Gasteiger partial charge in [-0.25, -0.2) is 9.59 Å². The van der Waals surface area contributed by atoms with E-state index in [1.165, 1.54) is 25.7 Å². The first-order chi connectivity index (χ1) is 14.3. The molecule has 0 amide bonds. The van der Waals surface area contributed by atoms with Gasteiger partial charge in [0.25, 0.3) is 0 Å². The second-order valence-corrected chi connectivity index (χ2v) is 6.67. The average molecular weight is 410 g/mol. The molecule has 30 heavy (non-hydrogen) atoms. The Bertz CT molecular complexity index is 1130. The van der Waals surface area contributed by atoms with Crippen LogP contribution in [0.4, 0.5) is 5.69 Å². The Morgan fingerprint density at radius 3 is 2.00 bits per heavy atom. The normalized spacial score (nSPS) is 10.6. The Balaban J connectivity index is 2.36. The lowest BCUT2D eigenvalue weighted by Gasteiger charge is -2.13. The van der Waals surface area contributed by atoms with E-state index >= 15 is 0 Å². The zero-order valence-corrected chi connectivity index (χ0v) is 17.4. The van der Waals surface area contributed by atoms with Gasteiger partial charge in [-0.3, -0.25) is 4.79 Å². The first-order valence-electron chi connectivity index (χ1n) is 9.04. The number of methoxy groups -OCH3 is 3. The van der Waals surface area contributed by atoms with Crippen LogP contribution in [0.5, 0.6) is 5.75 Å². The molecule has 0 radical (unpaired) electrons. The SMILES string of the molecule is COC(=O)c1c(C(=O)OC)c2cc(N(C)C)ccn2c1C(=O)c1ccc(OC)cc1. The predicted octanol–water partition coefficient (Wildman–Crippen LogP) is 2.82. The van der Waals surface area contributed by atoms with Gasteiger partial charge in [0.05, 0.1) is 26.8 Å². The quantitative estimate of drug-likeness (QED) is 0.456. The highest BCUT2D eigenvalue weighted by molar-refractivity contribution is 6.20. The summed E-state index contributed by atoms with van der Waals surface area (Å²) >= 11 is 0. The first kappa shape index (κ1) is 20.9. The fourth-order valence-electron chi connectivity index (χ4n) is 3.23. The summed E-state index contributed by atoms with van der Waals surface area (Å²) in [4.78, 5) is 40.6.